The number of thioether (sulfide) groups is 1. The molecule has 0 saturated heterocycles. The largest absolute Gasteiger partial charge is 0.276 e. The van der Waals surface area contributed by atoms with Crippen LogP contribution in [0.1, 0.15) is 5.56 Å². The molecule has 0 fully saturated rings. The summed E-state index contributed by atoms with van der Waals surface area (Å²) in [6.07, 6.45) is 3.55. The van der Waals surface area contributed by atoms with E-state index in [-0.39, 0.29) is 5.56 Å². The van der Waals surface area contributed by atoms with Crippen LogP contribution in [-0.2, 0) is 5.75 Å². The zero-order valence-corrected chi connectivity index (χ0v) is 14.3. The monoisotopic (exact) mass is 351 g/mol. The molecule has 4 rings (SSSR count). The minimum Gasteiger partial charge on any atom is -0.267 e. The van der Waals surface area contributed by atoms with Crippen LogP contribution < -0.4 is 5.56 Å². The fourth-order valence-electron chi connectivity index (χ4n) is 2.42. The minimum absolute atomic E-state index is 0.0153. The highest BCUT2D eigenvalue weighted by Crippen LogP contribution is 2.25. The van der Waals surface area contributed by atoms with Crippen LogP contribution in [0.5, 0.6) is 0 Å². The number of rotatable bonds is 4. The maximum absolute atomic E-state index is 12.9. The first-order chi connectivity index (χ1) is 11.8. The average Bonchev–Trinajstić information content (AvgIpc) is 3.10. The Bertz CT molecular complexity index is 1030. The Morgan fingerprint density at radius 2 is 1.83 bits per heavy atom. The number of pyridine rings is 1. The number of aromatic nitrogens is 3. The van der Waals surface area contributed by atoms with Crippen LogP contribution in [0.15, 0.2) is 76.3 Å². The Balaban J connectivity index is 1.82. The fraction of sp³-hybridized carbons (Fsp3) is 0.0556. The van der Waals surface area contributed by atoms with Gasteiger partial charge in [0.25, 0.3) is 5.56 Å². The van der Waals surface area contributed by atoms with Crippen LogP contribution in [0.4, 0.5) is 0 Å². The molecule has 118 valence electrons. The normalized spacial score (nSPS) is 11.0. The lowest BCUT2D eigenvalue weighted by Crippen LogP contribution is -2.20. The van der Waals surface area contributed by atoms with Crippen molar-refractivity contribution in [3.05, 3.63) is 82.2 Å². The topological polar surface area (TPSA) is 47.8 Å². The van der Waals surface area contributed by atoms with Crippen LogP contribution >= 0.6 is 23.1 Å². The molecule has 0 radical (unpaired) electrons. The lowest BCUT2D eigenvalue weighted by atomic mass is 10.3. The number of hydrogen-bond donors (Lipinski definition) is 0. The van der Waals surface area contributed by atoms with Crippen LogP contribution in [0.2, 0.25) is 0 Å². The Hall–Kier alpha value is -2.44. The summed E-state index contributed by atoms with van der Waals surface area (Å²) in [6, 6.07) is 15.5. The van der Waals surface area contributed by atoms with Gasteiger partial charge < -0.3 is 0 Å². The summed E-state index contributed by atoms with van der Waals surface area (Å²) in [6.45, 7) is 0. The van der Waals surface area contributed by atoms with Crippen molar-refractivity contribution in [2.24, 2.45) is 0 Å². The number of benzene rings is 1. The van der Waals surface area contributed by atoms with Crippen molar-refractivity contribution >= 4 is 33.3 Å². The molecular formula is C18H13N3OS2. The molecule has 4 aromatic rings. The molecule has 0 N–H and O–H groups in total. The number of hydrogen-bond acceptors (Lipinski definition) is 5. The molecule has 0 saturated carbocycles. The number of para-hydroxylation sites is 1. The van der Waals surface area contributed by atoms with Crippen LogP contribution in [0.25, 0.3) is 15.9 Å². The third-order valence-corrected chi connectivity index (χ3v) is 5.48. The predicted octanol–water partition coefficient (Wildman–Crippen LogP) is 4.13. The second-order valence-corrected chi connectivity index (χ2v) is 7.01. The van der Waals surface area contributed by atoms with E-state index in [1.54, 1.807) is 28.7 Å². The third-order valence-electron chi connectivity index (χ3n) is 3.58. The van der Waals surface area contributed by atoms with Crippen LogP contribution in [0.3, 0.4) is 0 Å². The van der Waals surface area contributed by atoms with Gasteiger partial charge in [-0.05, 0) is 41.3 Å². The van der Waals surface area contributed by atoms with Crippen molar-refractivity contribution < 1.29 is 0 Å². The van der Waals surface area contributed by atoms with Crippen molar-refractivity contribution in [3.8, 4) is 5.69 Å². The SMILES string of the molecule is O=c1c2sccc2nc(SCc2ccncc2)n1-c1ccccc1. The summed E-state index contributed by atoms with van der Waals surface area (Å²) < 4.78 is 2.39. The fourth-order valence-corrected chi connectivity index (χ4v) is 4.15. The maximum Gasteiger partial charge on any atom is 0.276 e. The first-order valence-corrected chi connectivity index (χ1v) is 9.27. The van der Waals surface area contributed by atoms with Gasteiger partial charge in [-0.2, -0.15) is 0 Å². The molecule has 6 heteroatoms. The molecule has 4 nitrogen and oxygen atoms in total. The van der Waals surface area contributed by atoms with Gasteiger partial charge in [-0.1, -0.05) is 30.0 Å². The summed E-state index contributed by atoms with van der Waals surface area (Å²) in [5.74, 6) is 0.734. The third kappa shape index (κ3) is 2.86. The van der Waals surface area contributed by atoms with Gasteiger partial charge in [-0.25, -0.2) is 4.98 Å². The van der Waals surface area contributed by atoms with Gasteiger partial charge >= 0.3 is 0 Å². The zero-order chi connectivity index (χ0) is 16.4. The number of fused-ring (bicyclic) bond motifs is 1. The van der Waals surface area contributed by atoms with Gasteiger partial charge in [0.1, 0.15) is 4.70 Å². The van der Waals surface area contributed by atoms with Gasteiger partial charge in [-0.3, -0.25) is 14.3 Å². The number of nitrogens with zero attached hydrogens (tertiary/aromatic N) is 3. The highest BCUT2D eigenvalue weighted by Gasteiger charge is 2.14. The molecule has 0 spiro atoms. The molecule has 0 bridgehead atoms. The van der Waals surface area contributed by atoms with E-state index >= 15 is 0 Å². The second kappa shape index (κ2) is 6.59. The van der Waals surface area contributed by atoms with Crippen molar-refractivity contribution in [2.45, 2.75) is 10.9 Å². The van der Waals surface area contributed by atoms with Gasteiger partial charge in [0.05, 0.1) is 11.2 Å². The highest BCUT2D eigenvalue weighted by molar-refractivity contribution is 7.98. The summed E-state index contributed by atoms with van der Waals surface area (Å²) in [5, 5.41) is 2.61. The van der Waals surface area contributed by atoms with Crippen LogP contribution in [0, 0.1) is 0 Å². The maximum atomic E-state index is 12.9. The highest BCUT2D eigenvalue weighted by atomic mass is 32.2. The van der Waals surface area contributed by atoms with Gasteiger partial charge in [0.15, 0.2) is 5.16 Å². The molecule has 0 aliphatic rings. The van der Waals surface area contributed by atoms with Crippen LogP contribution in [-0.4, -0.2) is 14.5 Å². The summed E-state index contributed by atoms with van der Waals surface area (Å²) in [7, 11) is 0. The summed E-state index contributed by atoms with van der Waals surface area (Å²) in [5.41, 5.74) is 2.73. The Kier molecular flexibility index (Phi) is 4.15. The lowest BCUT2D eigenvalue weighted by molar-refractivity contribution is 0.822. The minimum atomic E-state index is -0.0153. The van der Waals surface area contributed by atoms with Gasteiger partial charge in [0.2, 0.25) is 0 Å². The van der Waals surface area contributed by atoms with E-state index in [9.17, 15) is 4.79 Å². The van der Waals surface area contributed by atoms with Crippen molar-refractivity contribution in [2.75, 3.05) is 0 Å². The van der Waals surface area contributed by atoms with E-state index < -0.39 is 0 Å². The molecule has 0 aliphatic carbocycles. The van der Waals surface area contributed by atoms with Crippen molar-refractivity contribution in [3.63, 3.8) is 0 Å². The quantitative estimate of drug-likeness (QED) is 0.410. The van der Waals surface area contributed by atoms with Gasteiger partial charge in [0, 0.05) is 18.1 Å². The lowest BCUT2D eigenvalue weighted by Gasteiger charge is -2.12. The Morgan fingerprint density at radius 1 is 1.04 bits per heavy atom. The van der Waals surface area contributed by atoms with Crippen molar-refractivity contribution in [1.29, 1.82) is 0 Å². The first kappa shape index (κ1) is 15.1. The average molecular weight is 351 g/mol. The number of thiophene rings is 1. The van der Waals surface area contributed by atoms with E-state index in [0.717, 1.165) is 22.5 Å². The zero-order valence-electron chi connectivity index (χ0n) is 12.6. The molecule has 24 heavy (non-hydrogen) atoms. The molecule has 1 aromatic carbocycles. The molecule has 0 amide bonds. The molecular weight excluding hydrogens is 338 g/mol. The smallest absolute Gasteiger partial charge is 0.267 e. The molecule has 3 aromatic heterocycles. The summed E-state index contributed by atoms with van der Waals surface area (Å²) >= 11 is 2.99. The molecule has 0 unspecified atom stereocenters. The molecule has 3 heterocycles. The van der Waals surface area contributed by atoms with E-state index in [1.807, 2.05) is 53.9 Å². The van der Waals surface area contributed by atoms with E-state index in [0.29, 0.717) is 9.86 Å². The first-order valence-electron chi connectivity index (χ1n) is 7.40. The standard InChI is InChI=1S/C18H13N3OS2/c22-17-16-15(8-11-23-16)20-18(21(17)14-4-2-1-3-5-14)24-12-13-6-9-19-10-7-13/h1-11H,12H2. The molecule has 0 atom stereocenters. The summed E-state index contributed by atoms with van der Waals surface area (Å²) in [4.78, 5) is 21.7. The second-order valence-electron chi connectivity index (χ2n) is 5.15. The molecule has 0 aliphatic heterocycles. The Labute approximate surface area is 146 Å². The van der Waals surface area contributed by atoms with E-state index in [2.05, 4.69) is 4.98 Å². The predicted molar refractivity (Wildman–Crippen MR) is 99.0 cm³/mol. The van der Waals surface area contributed by atoms with E-state index in [1.165, 1.54) is 11.3 Å². The van der Waals surface area contributed by atoms with Gasteiger partial charge in [-0.15, -0.1) is 11.3 Å². The van der Waals surface area contributed by atoms with E-state index in [4.69, 9.17) is 4.98 Å². The Morgan fingerprint density at radius 3 is 2.62 bits per heavy atom. The van der Waals surface area contributed by atoms with Crippen molar-refractivity contribution in [1.82, 2.24) is 14.5 Å².